The maximum Gasteiger partial charge on any atom is 0.246 e. The second-order valence-electron chi connectivity index (χ2n) is 3.94. The lowest BCUT2D eigenvalue weighted by atomic mass is 10.1. The van der Waals surface area contributed by atoms with Crippen molar-refractivity contribution in [1.29, 1.82) is 0 Å². The van der Waals surface area contributed by atoms with Crippen LogP contribution >= 0.6 is 0 Å². The molecule has 1 amide bonds. The second kappa shape index (κ2) is 9.98. The molecule has 0 aromatic heterocycles. The van der Waals surface area contributed by atoms with Crippen molar-refractivity contribution in [1.82, 2.24) is 5.32 Å². The number of rotatable bonds is 7. The minimum absolute atomic E-state index is 0.00778. The predicted octanol–water partition coefficient (Wildman–Crippen LogP) is 0.310. The average Bonchev–Trinajstić information content (AvgIpc) is 2.48. The summed E-state index contributed by atoms with van der Waals surface area (Å²) in [6.45, 7) is 1.06. The van der Waals surface area contributed by atoms with E-state index in [0.717, 1.165) is 11.1 Å². The molecule has 0 saturated heterocycles. The van der Waals surface area contributed by atoms with Crippen LogP contribution < -0.4 is 5.32 Å². The Hall–Kier alpha value is -1.87. The highest BCUT2D eigenvalue weighted by atomic mass is 16.5. The fourth-order valence-electron chi connectivity index (χ4n) is 1.48. The minimum atomic E-state index is -0.189. The van der Waals surface area contributed by atoms with Crippen molar-refractivity contribution in [3.63, 3.8) is 0 Å². The second-order valence-corrected chi connectivity index (χ2v) is 3.94. The van der Waals surface area contributed by atoms with Gasteiger partial charge in [-0.15, -0.1) is 0 Å². The van der Waals surface area contributed by atoms with E-state index in [2.05, 4.69) is 17.2 Å². The van der Waals surface area contributed by atoms with E-state index in [-0.39, 0.29) is 19.1 Å². The molecule has 108 valence electrons. The van der Waals surface area contributed by atoms with E-state index in [4.69, 9.17) is 14.6 Å². The average molecular weight is 277 g/mol. The van der Waals surface area contributed by atoms with Crippen LogP contribution in [0.1, 0.15) is 11.1 Å². The molecule has 20 heavy (non-hydrogen) atoms. The number of aliphatic hydroxyl groups excluding tert-OH is 1. The summed E-state index contributed by atoms with van der Waals surface area (Å²) in [4.78, 5) is 11.6. The molecule has 0 saturated carbocycles. The van der Waals surface area contributed by atoms with E-state index in [9.17, 15) is 4.79 Å². The van der Waals surface area contributed by atoms with E-state index in [1.165, 1.54) is 0 Å². The first kappa shape index (κ1) is 16.2. The molecule has 0 bridgehead atoms. The first-order chi connectivity index (χ1) is 9.77. The molecular formula is C15H19NO4. The van der Waals surface area contributed by atoms with Crippen LogP contribution in [0.3, 0.4) is 0 Å². The molecule has 2 N–H and O–H groups in total. The topological polar surface area (TPSA) is 67.8 Å². The van der Waals surface area contributed by atoms with Crippen molar-refractivity contribution in [2.75, 3.05) is 33.5 Å². The van der Waals surface area contributed by atoms with E-state index in [1.54, 1.807) is 7.11 Å². The molecule has 0 radical (unpaired) electrons. The number of carbonyl (C=O) groups is 1. The third-order valence-corrected chi connectivity index (χ3v) is 2.46. The van der Waals surface area contributed by atoms with Crippen LogP contribution in [0, 0.1) is 11.8 Å². The van der Waals surface area contributed by atoms with Crippen LogP contribution in [0.4, 0.5) is 0 Å². The van der Waals surface area contributed by atoms with Gasteiger partial charge in [0, 0.05) is 19.2 Å². The predicted molar refractivity (Wildman–Crippen MR) is 74.9 cm³/mol. The van der Waals surface area contributed by atoms with Crippen molar-refractivity contribution in [3.8, 4) is 11.8 Å². The Bertz CT molecular complexity index is 476. The summed E-state index contributed by atoms with van der Waals surface area (Å²) in [6.07, 6.45) is 0. The Morgan fingerprint density at radius 2 is 2.15 bits per heavy atom. The lowest BCUT2D eigenvalue weighted by Crippen LogP contribution is -2.28. The van der Waals surface area contributed by atoms with Crippen molar-refractivity contribution < 1.29 is 19.4 Å². The number of hydrogen-bond acceptors (Lipinski definition) is 4. The van der Waals surface area contributed by atoms with E-state index >= 15 is 0 Å². The molecule has 1 aromatic rings. The Morgan fingerprint density at radius 3 is 2.90 bits per heavy atom. The van der Waals surface area contributed by atoms with Gasteiger partial charge in [0.25, 0.3) is 0 Å². The molecule has 0 fully saturated rings. The smallest absolute Gasteiger partial charge is 0.246 e. The van der Waals surface area contributed by atoms with E-state index in [1.807, 2.05) is 24.3 Å². The highest BCUT2D eigenvalue weighted by Gasteiger charge is 2.03. The van der Waals surface area contributed by atoms with Crippen LogP contribution in [-0.4, -0.2) is 44.6 Å². The zero-order valence-electron chi connectivity index (χ0n) is 11.5. The molecule has 0 unspecified atom stereocenters. The summed E-state index contributed by atoms with van der Waals surface area (Å²) in [5.74, 6) is 5.25. The summed E-state index contributed by atoms with van der Waals surface area (Å²) in [5, 5.41) is 11.5. The Kier molecular flexibility index (Phi) is 8.08. The van der Waals surface area contributed by atoms with Gasteiger partial charge in [0.15, 0.2) is 0 Å². The molecule has 0 aliphatic rings. The Balaban J connectivity index is 2.43. The highest BCUT2D eigenvalue weighted by Crippen LogP contribution is 2.06. The fourth-order valence-corrected chi connectivity index (χ4v) is 1.48. The number of ether oxygens (including phenoxy) is 2. The summed E-state index contributed by atoms with van der Waals surface area (Å²) >= 11 is 0. The Morgan fingerprint density at radius 1 is 1.35 bits per heavy atom. The third-order valence-electron chi connectivity index (χ3n) is 2.46. The number of nitrogens with one attached hydrogen (secondary N) is 1. The van der Waals surface area contributed by atoms with Gasteiger partial charge in [0.1, 0.15) is 13.2 Å². The number of hydrogen-bond donors (Lipinski definition) is 2. The zero-order chi connectivity index (χ0) is 14.6. The minimum Gasteiger partial charge on any atom is -0.384 e. The van der Waals surface area contributed by atoms with Crippen molar-refractivity contribution in [2.45, 2.75) is 6.54 Å². The number of amides is 1. The van der Waals surface area contributed by atoms with Crippen LogP contribution in [0.2, 0.25) is 0 Å². The molecule has 5 heteroatoms. The summed E-state index contributed by atoms with van der Waals surface area (Å²) in [6, 6.07) is 7.47. The molecular weight excluding hydrogens is 258 g/mol. The summed E-state index contributed by atoms with van der Waals surface area (Å²) in [7, 11) is 1.58. The number of aliphatic hydroxyl groups is 1. The number of methoxy groups -OCH3 is 1. The largest absolute Gasteiger partial charge is 0.384 e. The summed E-state index contributed by atoms with van der Waals surface area (Å²) < 4.78 is 9.94. The van der Waals surface area contributed by atoms with E-state index < -0.39 is 0 Å². The monoisotopic (exact) mass is 277 g/mol. The molecule has 1 rings (SSSR count). The molecule has 0 heterocycles. The van der Waals surface area contributed by atoms with Crippen molar-refractivity contribution >= 4 is 5.91 Å². The van der Waals surface area contributed by atoms with Gasteiger partial charge in [-0.3, -0.25) is 4.79 Å². The van der Waals surface area contributed by atoms with Gasteiger partial charge in [-0.2, -0.15) is 0 Å². The standard InChI is InChI=1S/C15H19NO4/c1-19-9-10-20-12-15(18)16-11-14-6-3-2-5-13(14)7-4-8-17/h2-3,5-6,17H,8-12H2,1H3,(H,16,18). The highest BCUT2D eigenvalue weighted by molar-refractivity contribution is 5.77. The number of benzene rings is 1. The SMILES string of the molecule is COCCOCC(=O)NCc1ccccc1C#CCO. The number of carbonyl (C=O) groups excluding carboxylic acids is 1. The lowest BCUT2D eigenvalue weighted by molar-refractivity contribution is -0.126. The molecule has 0 aliphatic heterocycles. The first-order valence-electron chi connectivity index (χ1n) is 6.29. The van der Waals surface area contributed by atoms with Gasteiger partial charge in [-0.05, 0) is 11.6 Å². The fraction of sp³-hybridized carbons (Fsp3) is 0.400. The van der Waals surface area contributed by atoms with Gasteiger partial charge in [0.2, 0.25) is 5.91 Å². The molecule has 0 atom stereocenters. The van der Waals surface area contributed by atoms with Gasteiger partial charge < -0.3 is 19.9 Å². The van der Waals surface area contributed by atoms with Crippen LogP contribution in [0.25, 0.3) is 0 Å². The zero-order valence-corrected chi connectivity index (χ0v) is 11.5. The van der Waals surface area contributed by atoms with Crippen molar-refractivity contribution in [2.24, 2.45) is 0 Å². The Labute approximate surface area is 118 Å². The van der Waals surface area contributed by atoms with Crippen LogP contribution in [-0.2, 0) is 20.8 Å². The molecule has 1 aromatic carbocycles. The first-order valence-corrected chi connectivity index (χ1v) is 6.29. The van der Waals surface area contributed by atoms with Gasteiger partial charge in [-0.1, -0.05) is 30.0 Å². The maximum atomic E-state index is 11.6. The van der Waals surface area contributed by atoms with Crippen LogP contribution in [0.5, 0.6) is 0 Å². The third kappa shape index (κ3) is 6.34. The molecule has 0 aliphatic carbocycles. The lowest BCUT2D eigenvalue weighted by Gasteiger charge is -2.07. The summed E-state index contributed by atoms with van der Waals surface area (Å²) in [5.41, 5.74) is 1.70. The van der Waals surface area contributed by atoms with E-state index in [0.29, 0.717) is 19.8 Å². The quantitative estimate of drug-likeness (QED) is 0.556. The maximum absolute atomic E-state index is 11.6. The van der Waals surface area contributed by atoms with Gasteiger partial charge in [-0.25, -0.2) is 0 Å². The van der Waals surface area contributed by atoms with Gasteiger partial charge in [0.05, 0.1) is 13.2 Å². The van der Waals surface area contributed by atoms with Crippen LogP contribution in [0.15, 0.2) is 24.3 Å². The molecule has 5 nitrogen and oxygen atoms in total. The molecule has 0 spiro atoms. The normalized spacial score (nSPS) is 9.70. The van der Waals surface area contributed by atoms with Crippen molar-refractivity contribution in [3.05, 3.63) is 35.4 Å². The van der Waals surface area contributed by atoms with Gasteiger partial charge >= 0.3 is 0 Å².